The second-order valence-corrected chi connectivity index (χ2v) is 8.78. The fraction of sp³-hybridized carbons (Fsp3) is 0.240. The molecule has 2 heterocycles. The maximum Gasteiger partial charge on any atom is 0.278 e. The van der Waals surface area contributed by atoms with E-state index in [-0.39, 0.29) is 30.9 Å². The molecule has 2 aromatic carbocycles. The van der Waals surface area contributed by atoms with E-state index in [0.717, 1.165) is 22.1 Å². The van der Waals surface area contributed by atoms with Crippen LogP contribution in [0.4, 0.5) is 11.4 Å². The molecule has 5 amide bonds. The minimum atomic E-state index is -1.02. The van der Waals surface area contributed by atoms with E-state index in [4.69, 9.17) is 11.6 Å². The molecule has 0 radical (unpaired) electrons. The van der Waals surface area contributed by atoms with Gasteiger partial charge in [0.15, 0.2) is 0 Å². The number of nitrogens with zero attached hydrogens (tertiary/aromatic N) is 1. The molecule has 1 fully saturated rings. The number of carbonyl (C=O) groups excluding carboxylic acids is 5. The molecule has 2 aliphatic heterocycles. The number of carbonyl (C=O) groups is 5. The van der Waals surface area contributed by atoms with Crippen molar-refractivity contribution in [1.29, 1.82) is 0 Å². The molecule has 0 bridgehead atoms. The minimum Gasteiger partial charge on any atom is -0.351 e. The van der Waals surface area contributed by atoms with Crippen LogP contribution in [0.15, 0.2) is 54.2 Å². The molecule has 180 valence electrons. The van der Waals surface area contributed by atoms with Gasteiger partial charge in [0.05, 0.1) is 0 Å². The largest absolute Gasteiger partial charge is 0.351 e. The molecule has 0 saturated carbocycles. The lowest BCUT2D eigenvalue weighted by molar-refractivity contribution is -0.149. The summed E-state index contributed by atoms with van der Waals surface area (Å²) in [5.74, 6) is -2.50. The summed E-state index contributed by atoms with van der Waals surface area (Å²) in [6.45, 7) is 1.88. The molecule has 10 heteroatoms. The number of rotatable bonds is 7. The molecule has 1 atom stereocenters. The Kier molecular flexibility index (Phi) is 6.97. The fourth-order valence-corrected chi connectivity index (χ4v) is 4.09. The van der Waals surface area contributed by atoms with Crippen LogP contribution in [0.2, 0.25) is 5.02 Å². The van der Waals surface area contributed by atoms with Crippen molar-refractivity contribution in [2.75, 3.05) is 10.6 Å². The van der Waals surface area contributed by atoms with Crippen LogP contribution in [0.5, 0.6) is 0 Å². The summed E-state index contributed by atoms with van der Waals surface area (Å²) < 4.78 is 0. The highest BCUT2D eigenvalue weighted by atomic mass is 35.5. The average Bonchev–Trinajstić information content (AvgIpc) is 3.08. The number of aryl methyl sites for hydroxylation is 2. The predicted octanol–water partition coefficient (Wildman–Crippen LogP) is 2.69. The predicted molar refractivity (Wildman–Crippen MR) is 129 cm³/mol. The van der Waals surface area contributed by atoms with E-state index < -0.39 is 29.7 Å². The second-order valence-electron chi connectivity index (χ2n) is 8.38. The van der Waals surface area contributed by atoms with Gasteiger partial charge in [-0.1, -0.05) is 29.8 Å². The Morgan fingerprint density at radius 3 is 2.66 bits per heavy atom. The third-order valence-electron chi connectivity index (χ3n) is 5.78. The number of imide groups is 2. The van der Waals surface area contributed by atoms with Gasteiger partial charge in [0, 0.05) is 35.3 Å². The lowest BCUT2D eigenvalue weighted by Crippen LogP contribution is -2.54. The van der Waals surface area contributed by atoms with Crippen LogP contribution < -0.4 is 16.0 Å². The van der Waals surface area contributed by atoms with Gasteiger partial charge in [-0.05, 0) is 55.2 Å². The van der Waals surface area contributed by atoms with Gasteiger partial charge in [0.1, 0.15) is 11.7 Å². The van der Waals surface area contributed by atoms with E-state index in [1.807, 2.05) is 19.1 Å². The Hall–Kier alpha value is -3.98. The number of hydrogen-bond acceptors (Lipinski definition) is 6. The van der Waals surface area contributed by atoms with Gasteiger partial charge < -0.3 is 10.6 Å². The van der Waals surface area contributed by atoms with E-state index in [9.17, 15) is 24.0 Å². The lowest BCUT2D eigenvalue weighted by Gasteiger charge is -2.28. The van der Waals surface area contributed by atoms with Crippen molar-refractivity contribution in [3.63, 3.8) is 0 Å². The smallest absolute Gasteiger partial charge is 0.278 e. The summed E-state index contributed by atoms with van der Waals surface area (Å²) in [6.07, 6.45) is 1.98. The van der Waals surface area contributed by atoms with Gasteiger partial charge >= 0.3 is 0 Å². The van der Waals surface area contributed by atoms with E-state index in [1.54, 1.807) is 30.3 Å². The van der Waals surface area contributed by atoms with Gasteiger partial charge in [0.2, 0.25) is 17.7 Å². The van der Waals surface area contributed by atoms with Crippen molar-refractivity contribution >= 4 is 52.5 Å². The van der Waals surface area contributed by atoms with Gasteiger partial charge in [-0.2, -0.15) is 0 Å². The molecule has 3 N–H and O–H groups in total. The Morgan fingerprint density at radius 1 is 1.11 bits per heavy atom. The first-order valence-corrected chi connectivity index (χ1v) is 11.4. The maximum atomic E-state index is 12.8. The molecule has 2 aliphatic rings. The van der Waals surface area contributed by atoms with E-state index >= 15 is 0 Å². The average molecular weight is 495 g/mol. The van der Waals surface area contributed by atoms with Crippen LogP contribution in [-0.2, 0) is 30.4 Å². The van der Waals surface area contributed by atoms with Crippen LogP contribution in [0.1, 0.15) is 30.4 Å². The summed E-state index contributed by atoms with van der Waals surface area (Å²) >= 11 is 6.10. The zero-order valence-electron chi connectivity index (χ0n) is 18.9. The van der Waals surface area contributed by atoms with Crippen molar-refractivity contribution in [3.8, 4) is 0 Å². The standard InChI is InChI=1S/C25H23ClN4O5/c1-14-5-7-17(12-18(14)26)28-21(31)9-6-15-3-2-4-16(11-15)27-19-13-23(33)30(25(19)35)20-8-10-22(32)29-24(20)34/h2-5,7,11-13,20,27H,6,8-10H2,1H3,(H,28,31)(H,29,32,34). The van der Waals surface area contributed by atoms with Gasteiger partial charge in [0.25, 0.3) is 11.8 Å². The zero-order valence-corrected chi connectivity index (χ0v) is 19.6. The fourth-order valence-electron chi connectivity index (χ4n) is 3.91. The van der Waals surface area contributed by atoms with Crippen molar-refractivity contribution < 1.29 is 24.0 Å². The molecule has 0 spiro atoms. The molecule has 1 unspecified atom stereocenters. The number of benzene rings is 2. The van der Waals surface area contributed by atoms with E-state index in [2.05, 4.69) is 16.0 Å². The SMILES string of the molecule is Cc1ccc(NC(=O)CCc2cccc(NC3=CC(=O)N(C4CCC(=O)NC4=O)C3=O)c2)cc1Cl. The highest BCUT2D eigenvalue weighted by Gasteiger charge is 2.42. The molecule has 0 aliphatic carbocycles. The third-order valence-corrected chi connectivity index (χ3v) is 6.19. The van der Waals surface area contributed by atoms with Crippen LogP contribution in [0, 0.1) is 6.92 Å². The minimum absolute atomic E-state index is 0.0332. The monoisotopic (exact) mass is 494 g/mol. The van der Waals surface area contributed by atoms with Crippen LogP contribution in [0.3, 0.4) is 0 Å². The van der Waals surface area contributed by atoms with E-state index in [1.165, 1.54) is 0 Å². The molecule has 0 aromatic heterocycles. The van der Waals surface area contributed by atoms with Crippen LogP contribution in [0.25, 0.3) is 0 Å². The Morgan fingerprint density at radius 2 is 1.91 bits per heavy atom. The third kappa shape index (κ3) is 5.58. The van der Waals surface area contributed by atoms with Crippen molar-refractivity contribution in [1.82, 2.24) is 10.2 Å². The van der Waals surface area contributed by atoms with Crippen LogP contribution >= 0.6 is 11.6 Å². The molecule has 4 rings (SSSR count). The van der Waals surface area contributed by atoms with E-state index in [0.29, 0.717) is 22.8 Å². The molecule has 9 nitrogen and oxygen atoms in total. The molecular weight excluding hydrogens is 472 g/mol. The highest BCUT2D eigenvalue weighted by Crippen LogP contribution is 2.24. The molecule has 35 heavy (non-hydrogen) atoms. The molecular formula is C25H23ClN4O5. The number of halogens is 1. The number of anilines is 2. The second kappa shape index (κ2) is 10.1. The van der Waals surface area contributed by atoms with Crippen LogP contribution in [-0.4, -0.2) is 40.5 Å². The van der Waals surface area contributed by atoms with Gasteiger partial charge in [-0.3, -0.25) is 34.2 Å². The quantitative estimate of drug-likeness (QED) is 0.508. The molecule has 1 saturated heterocycles. The number of nitrogens with one attached hydrogen (secondary N) is 3. The van der Waals surface area contributed by atoms with Gasteiger partial charge in [-0.15, -0.1) is 0 Å². The lowest BCUT2D eigenvalue weighted by atomic mass is 10.0. The van der Waals surface area contributed by atoms with Crippen molar-refractivity contribution in [2.45, 2.75) is 38.6 Å². The normalized spacial score (nSPS) is 17.8. The first-order chi connectivity index (χ1) is 16.7. The Bertz CT molecular complexity index is 1270. The number of piperidine rings is 1. The topological polar surface area (TPSA) is 125 Å². The Balaban J connectivity index is 1.35. The summed E-state index contributed by atoms with van der Waals surface area (Å²) in [4.78, 5) is 61.9. The first kappa shape index (κ1) is 24.2. The molecule has 2 aromatic rings. The zero-order chi connectivity index (χ0) is 25.1. The van der Waals surface area contributed by atoms with Gasteiger partial charge in [-0.25, -0.2) is 0 Å². The maximum absolute atomic E-state index is 12.8. The summed E-state index contributed by atoms with van der Waals surface area (Å²) in [7, 11) is 0. The first-order valence-electron chi connectivity index (χ1n) is 11.1. The highest BCUT2D eigenvalue weighted by molar-refractivity contribution is 6.31. The Labute approximate surface area is 206 Å². The number of hydrogen-bond donors (Lipinski definition) is 3. The summed E-state index contributed by atoms with van der Waals surface area (Å²) in [5.41, 5.74) is 2.99. The summed E-state index contributed by atoms with van der Waals surface area (Å²) in [5, 5.41) is 8.48. The van der Waals surface area contributed by atoms with Crippen molar-refractivity contribution in [3.05, 3.63) is 70.4 Å². The van der Waals surface area contributed by atoms with Crippen molar-refractivity contribution in [2.24, 2.45) is 0 Å². The summed E-state index contributed by atoms with van der Waals surface area (Å²) in [6, 6.07) is 11.4. The number of amides is 5.